The normalized spacial score (nSPS) is 16.2. The van der Waals surface area contributed by atoms with Crippen molar-refractivity contribution in [1.29, 1.82) is 0 Å². The zero-order chi connectivity index (χ0) is 9.07. The first-order valence-electron chi connectivity index (χ1n) is 3.39. The number of hydrogen-bond acceptors (Lipinski definition) is 3. The first kappa shape index (κ1) is 10.7. The van der Waals surface area contributed by atoms with E-state index in [1.807, 2.05) is 0 Å². The van der Waals surface area contributed by atoms with Gasteiger partial charge >= 0.3 is 5.97 Å². The van der Waals surface area contributed by atoms with Crippen LogP contribution in [-0.2, 0) is 9.53 Å². The molecule has 0 aromatic heterocycles. The Balaban J connectivity index is 4.02. The fraction of sp³-hybridized carbons (Fsp3) is 0.857. The number of carbonyl (C=O) groups is 1. The Labute approximate surface area is 71.3 Å². The zero-order valence-electron chi connectivity index (χ0n) is 6.93. The Morgan fingerprint density at radius 3 is 2.45 bits per heavy atom. The molecular formula is C7H13ClO3. The number of rotatable bonds is 3. The molecule has 3 nitrogen and oxygen atoms in total. The summed E-state index contributed by atoms with van der Waals surface area (Å²) >= 11 is 5.32. The van der Waals surface area contributed by atoms with E-state index in [0.29, 0.717) is 0 Å². The lowest BCUT2D eigenvalue weighted by Gasteiger charge is -2.19. The van der Waals surface area contributed by atoms with Crippen molar-refractivity contribution < 1.29 is 14.6 Å². The van der Waals surface area contributed by atoms with Crippen LogP contribution in [0.1, 0.15) is 20.8 Å². The summed E-state index contributed by atoms with van der Waals surface area (Å²) in [5, 5.41) is 9.23. The maximum atomic E-state index is 10.9. The van der Waals surface area contributed by atoms with Gasteiger partial charge in [0.2, 0.25) is 0 Å². The highest BCUT2D eigenvalue weighted by Gasteiger charge is 2.31. The third-order valence-electron chi connectivity index (χ3n) is 1.04. The molecular weight excluding hydrogens is 168 g/mol. The Bertz CT molecular complexity index is 143. The number of hydrogen-bond donors (Lipinski definition) is 1. The van der Waals surface area contributed by atoms with Crippen LogP contribution in [0.25, 0.3) is 0 Å². The van der Waals surface area contributed by atoms with E-state index in [1.54, 1.807) is 13.8 Å². The van der Waals surface area contributed by atoms with Crippen molar-refractivity contribution in [1.82, 2.24) is 0 Å². The highest BCUT2D eigenvalue weighted by atomic mass is 35.5. The van der Waals surface area contributed by atoms with Crippen LogP contribution in [0.5, 0.6) is 0 Å². The van der Waals surface area contributed by atoms with Crippen LogP contribution in [0.4, 0.5) is 0 Å². The Hall–Kier alpha value is -0.280. The summed E-state index contributed by atoms with van der Waals surface area (Å²) in [6.45, 7) is 4.75. The van der Waals surface area contributed by atoms with E-state index in [-0.39, 0.29) is 12.0 Å². The van der Waals surface area contributed by atoms with E-state index in [1.165, 1.54) is 6.92 Å². The highest BCUT2D eigenvalue weighted by molar-refractivity contribution is 6.20. The number of esters is 1. The molecule has 0 saturated carbocycles. The molecule has 0 saturated heterocycles. The van der Waals surface area contributed by atoms with E-state index in [2.05, 4.69) is 0 Å². The van der Waals surface area contributed by atoms with Crippen LogP contribution in [0, 0.1) is 0 Å². The quantitative estimate of drug-likeness (QED) is 0.519. The van der Waals surface area contributed by atoms with Gasteiger partial charge in [0, 0.05) is 0 Å². The first-order chi connectivity index (χ1) is 4.90. The zero-order valence-corrected chi connectivity index (χ0v) is 7.68. The predicted octanol–water partition coefficient (Wildman–Crippen LogP) is 0.928. The summed E-state index contributed by atoms with van der Waals surface area (Å²) in [7, 11) is 0. The van der Waals surface area contributed by atoms with Crippen molar-refractivity contribution >= 4 is 17.6 Å². The molecule has 1 N–H and O–H groups in total. The summed E-state index contributed by atoms with van der Waals surface area (Å²) < 4.78 is 4.73. The lowest BCUT2D eigenvalue weighted by Crippen LogP contribution is -2.39. The summed E-state index contributed by atoms with van der Waals surface area (Å²) in [6.07, 6.45) is -0.225. The van der Waals surface area contributed by atoms with Gasteiger partial charge < -0.3 is 9.84 Å². The first-order valence-corrected chi connectivity index (χ1v) is 3.93. The van der Waals surface area contributed by atoms with Crippen LogP contribution in [0.2, 0.25) is 0 Å². The molecule has 0 aromatic rings. The topological polar surface area (TPSA) is 46.5 Å². The molecule has 0 rings (SSSR count). The minimum Gasteiger partial charge on any atom is -0.461 e. The van der Waals surface area contributed by atoms with Crippen LogP contribution in [0.15, 0.2) is 0 Å². The molecule has 11 heavy (non-hydrogen) atoms. The fourth-order valence-corrected chi connectivity index (χ4v) is 0.505. The summed E-state index contributed by atoms with van der Waals surface area (Å²) in [5.41, 5.74) is -1.56. The molecule has 0 heterocycles. The van der Waals surface area contributed by atoms with E-state index in [4.69, 9.17) is 16.3 Å². The molecule has 1 unspecified atom stereocenters. The molecule has 0 bridgehead atoms. The number of carbonyl (C=O) groups excluding carboxylic acids is 1. The summed E-state index contributed by atoms with van der Waals surface area (Å²) in [6, 6.07) is 0. The molecule has 0 spiro atoms. The molecule has 4 heteroatoms. The van der Waals surface area contributed by atoms with Gasteiger partial charge in [0.25, 0.3) is 0 Å². The number of halogens is 1. The van der Waals surface area contributed by atoms with Crippen LogP contribution in [0.3, 0.4) is 0 Å². The molecule has 0 aliphatic carbocycles. The van der Waals surface area contributed by atoms with Gasteiger partial charge in [-0.2, -0.15) is 0 Å². The average molecular weight is 181 g/mol. The average Bonchev–Trinajstić information content (AvgIpc) is 1.86. The predicted molar refractivity (Wildman–Crippen MR) is 42.6 cm³/mol. The summed E-state index contributed by atoms with van der Waals surface area (Å²) in [5.74, 6) is -0.832. The molecule has 0 fully saturated rings. The molecule has 0 radical (unpaired) electrons. The third kappa shape index (κ3) is 3.58. The standard InChI is InChI=1S/C7H13ClO3/c1-5(2)11-6(9)7(3,10)4-8/h5,10H,4H2,1-3H3. The second kappa shape index (κ2) is 3.93. The largest absolute Gasteiger partial charge is 0.461 e. The molecule has 0 amide bonds. The second-order valence-electron chi connectivity index (χ2n) is 2.86. The number of ether oxygens (including phenoxy) is 1. The van der Waals surface area contributed by atoms with Gasteiger partial charge in [0.15, 0.2) is 5.60 Å². The third-order valence-corrected chi connectivity index (χ3v) is 1.56. The van der Waals surface area contributed by atoms with Crippen LogP contribution >= 0.6 is 11.6 Å². The minimum absolute atomic E-state index is 0.154. The van der Waals surface area contributed by atoms with Crippen LogP contribution < -0.4 is 0 Å². The van der Waals surface area contributed by atoms with Gasteiger partial charge in [-0.05, 0) is 20.8 Å². The van der Waals surface area contributed by atoms with Gasteiger partial charge in [-0.25, -0.2) is 4.79 Å². The lowest BCUT2D eigenvalue weighted by molar-refractivity contribution is -0.165. The summed E-state index contributed by atoms with van der Waals surface area (Å²) in [4.78, 5) is 10.9. The molecule has 0 aromatic carbocycles. The Morgan fingerprint density at radius 2 is 2.18 bits per heavy atom. The van der Waals surface area contributed by atoms with Gasteiger partial charge in [-0.3, -0.25) is 0 Å². The van der Waals surface area contributed by atoms with Crippen molar-refractivity contribution in [3.8, 4) is 0 Å². The maximum Gasteiger partial charge on any atom is 0.339 e. The van der Waals surface area contributed by atoms with Gasteiger partial charge in [0.1, 0.15) is 0 Å². The Kier molecular flexibility index (Phi) is 3.83. The van der Waals surface area contributed by atoms with E-state index in [9.17, 15) is 9.90 Å². The van der Waals surface area contributed by atoms with Crippen molar-refractivity contribution in [2.75, 3.05) is 5.88 Å². The number of aliphatic hydroxyl groups is 1. The number of alkyl halides is 1. The molecule has 0 aliphatic rings. The fourth-order valence-electron chi connectivity index (χ4n) is 0.396. The molecule has 66 valence electrons. The van der Waals surface area contributed by atoms with Gasteiger partial charge in [0.05, 0.1) is 12.0 Å². The van der Waals surface area contributed by atoms with Gasteiger partial charge in [-0.1, -0.05) is 0 Å². The van der Waals surface area contributed by atoms with Crippen molar-refractivity contribution in [3.63, 3.8) is 0 Å². The molecule has 1 atom stereocenters. The SMILES string of the molecule is CC(C)OC(=O)C(C)(O)CCl. The lowest BCUT2D eigenvalue weighted by atomic mass is 10.1. The van der Waals surface area contributed by atoms with Crippen molar-refractivity contribution in [2.45, 2.75) is 32.5 Å². The van der Waals surface area contributed by atoms with Crippen molar-refractivity contribution in [2.24, 2.45) is 0 Å². The van der Waals surface area contributed by atoms with Crippen LogP contribution in [-0.4, -0.2) is 28.7 Å². The monoisotopic (exact) mass is 180 g/mol. The van der Waals surface area contributed by atoms with Gasteiger partial charge in [-0.15, -0.1) is 11.6 Å². The maximum absolute atomic E-state index is 10.9. The van der Waals surface area contributed by atoms with Crippen molar-refractivity contribution in [3.05, 3.63) is 0 Å². The highest BCUT2D eigenvalue weighted by Crippen LogP contribution is 2.09. The minimum atomic E-state index is -1.56. The molecule has 0 aliphatic heterocycles. The Morgan fingerprint density at radius 1 is 1.73 bits per heavy atom. The van der Waals surface area contributed by atoms with E-state index in [0.717, 1.165) is 0 Å². The van der Waals surface area contributed by atoms with E-state index < -0.39 is 11.6 Å². The smallest absolute Gasteiger partial charge is 0.339 e. The van der Waals surface area contributed by atoms with E-state index >= 15 is 0 Å². The second-order valence-corrected chi connectivity index (χ2v) is 3.13.